The average molecular weight is 220 g/mol. The van der Waals surface area contributed by atoms with Crippen molar-refractivity contribution < 1.29 is 17.9 Å². The summed E-state index contributed by atoms with van der Waals surface area (Å²) in [6.45, 7) is 1.79. The first-order valence-electron chi connectivity index (χ1n) is 4.81. The summed E-state index contributed by atoms with van der Waals surface area (Å²) in [5.41, 5.74) is 0. The van der Waals surface area contributed by atoms with E-state index in [9.17, 15) is 13.2 Å². The molecule has 1 aliphatic rings. The van der Waals surface area contributed by atoms with Gasteiger partial charge < -0.3 is 4.74 Å². The number of hydrogen-bond acceptors (Lipinski definition) is 4. The van der Waals surface area contributed by atoms with E-state index < -0.39 is 20.6 Å². The zero-order valence-corrected chi connectivity index (χ0v) is 9.39. The molecule has 1 fully saturated rings. The molecule has 0 atom stereocenters. The molecular formula is C9H16O4S. The van der Waals surface area contributed by atoms with Crippen LogP contribution in [-0.4, -0.2) is 32.0 Å². The normalized spacial score (nSPS) is 19.9. The third kappa shape index (κ3) is 1.54. The molecule has 1 aliphatic carbocycles. The fourth-order valence-electron chi connectivity index (χ4n) is 1.79. The summed E-state index contributed by atoms with van der Waals surface area (Å²) in [7, 11) is -2.08. The summed E-state index contributed by atoms with van der Waals surface area (Å²) in [6, 6.07) is 0. The van der Waals surface area contributed by atoms with E-state index in [1.165, 1.54) is 7.11 Å². The molecule has 0 bridgehead atoms. The van der Waals surface area contributed by atoms with Crippen LogP contribution in [0.4, 0.5) is 0 Å². The molecule has 0 saturated heterocycles. The van der Waals surface area contributed by atoms with E-state index in [2.05, 4.69) is 4.74 Å². The van der Waals surface area contributed by atoms with E-state index >= 15 is 0 Å². The number of sulfone groups is 1. The lowest BCUT2D eigenvalue weighted by atomic mass is 9.84. The number of ether oxygens (including phenoxy) is 1. The van der Waals surface area contributed by atoms with Crippen LogP contribution in [0.25, 0.3) is 0 Å². The molecule has 0 heterocycles. The second-order valence-electron chi connectivity index (χ2n) is 3.66. The van der Waals surface area contributed by atoms with Crippen LogP contribution in [0.5, 0.6) is 0 Å². The van der Waals surface area contributed by atoms with Crippen LogP contribution in [0.1, 0.15) is 32.6 Å². The Morgan fingerprint density at radius 3 is 2.29 bits per heavy atom. The number of hydrogen-bond donors (Lipinski definition) is 0. The summed E-state index contributed by atoms with van der Waals surface area (Å²) >= 11 is 0. The third-order valence-electron chi connectivity index (χ3n) is 2.79. The number of rotatable bonds is 4. The average Bonchev–Trinajstić information content (AvgIpc) is 2.00. The first-order valence-corrected chi connectivity index (χ1v) is 6.46. The minimum absolute atomic E-state index is 0.0715. The van der Waals surface area contributed by atoms with E-state index in [1.807, 2.05) is 0 Å². The zero-order valence-electron chi connectivity index (χ0n) is 8.58. The van der Waals surface area contributed by atoms with Gasteiger partial charge in [-0.2, -0.15) is 0 Å². The molecule has 82 valence electrons. The lowest BCUT2D eigenvalue weighted by Gasteiger charge is -2.37. The monoisotopic (exact) mass is 220 g/mol. The summed E-state index contributed by atoms with van der Waals surface area (Å²) in [4.78, 5) is 11.4. The highest BCUT2D eigenvalue weighted by atomic mass is 32.2. The topological polar surface area (TPSA) is 60.4 Å². The summed E-state index contributed by atoms with van der Waals surface area (Å²) in [5.74, 6) is -0.514. The SMILES string of the molecule is CCCS(=O)(=O)C1(C(=O)OC)CCC1. The van der Waals surface area contributed by atoms with Gasteiger partial charge in [-0.05, 0) is 25.7 Å². The van der Waals surface area contributed by atoms with Crippen molar-refractivity contribution in [3.8, 4) is 0 Å². The van der Waals surface area contributed by atoms with Gasteiger partial charge in [0, 0.05) is 0 Å². The van der Waals surface area contributed by atoms with Crippen molar-refractivity contribution in [1.29, 1.82) is 0 Å². The molecule has 0 unspecified atom stereocenters. The van der Waals surface area contributed by atoms with Crippen molar-refractivity contribution in [1.82, 2.24) is 0 Å². The molecule has 4 nitrogen and oxygen atoms in total. The van der Waals surface area contributed by atoms with Crippen LogP contribution < -0.4 is 0 Å². The molecule has 0 N–H and O–H groups in total. The van der Waals surface area contributed by atoms with Gasteiger partial charge in [0.1, 0.15) is 0 Å². The number of carbonyl (C=O) groups is 1. The minimum Gasteiger partial charge on any atom is -0.468 e. The van der Waals surface area contributed by atoms with Gasteiger partial charge in [-0.25, -0.2) is 8.42 Å². The van der Waals surface area contributed by atoms with Gasteiger partial charge in [0.25, 0.3) is 0 Å². The number of carbonyl (C=O) groups excluding carboxylic acids is 1. The quantitative estimate of drug-likeness (QED) is 0.661. The highest BCUT2D eigenvalue weighted by molar-refractivity contribution is 7.93. The first-order chi connectivity index (χ1) is 6.50. The van der Waals surface area contributed by atoms with Crippen LogP contribution in [0.15, 0.2) is 0 Å². The maximum absolute atomic E-state index is 11.8. The Morgan fingerprint density at radius 1 is 1.43 bits per heavy atom. The van der Waals surface area contributed by atoms with Gasteiger partial charge in [0.05, 0.1) is 12.9 Å². The zero-order chi connectivity index (χ0) is 10.8. The van der Waals surface area contributed by atoms with Crippen LogP contribution >= 0.6 is 0 Å². The largest absolute Gasteiger partial charge is 0.468 e. The third-order valence-corrected chi connectivity index (χ3v) is 5.50. The maximum Gasteiger partial charge on any atom is 0.327 e. The molecular weight excluding hydrogens is 204 g/mol. The van der Waals surface area contributed by atoms with Gasteiger partial charge in [0.15, 0.2) is 14.6 Å². The van der Waals surface area contributed by atoms with E-state index in [1.54, 1.807) is 6.92 Å². The molecule has 0 spiro atoms. The Balaban J connectivity index is 2.96. The maximum atomic E-state index is 11.8. The fraction of sp³-hybridized carbons (Fsp3) is 0.889. The highest BCUT2D eigenvalue weighted by Crippen LogP contribution is 2.41. The second kappa shape index (κ2) is 3.88. The lowest BCUT2D eigenvalue weighted by molar-refractivity contribution is -0.146. The van der Waals surface area contributed by atoms with Crippen LogP contribution in [0, 0.1) is 0 Å². The van der Waals surface area contributed by atoms with Crippen molar-refractivity contribution in [2.75, 3.05) is 12.9 Å². The molecule has 0 amide bonds. The Morgan fingerprint density at radius 2 is 2.00 bits per heavy atom. The molecule has 0 aliphatic heterocycles. The van der Waals surface area contributed by atoms with E-state index in [0.717, 1.165) is 6.42 Å². The number of methoxy groups -OCH3 is 1. The Labute approximate surface area is 84.6 Å². The molecule has 0 aromatic heterocycles. The van der Waals surface area contributed by atoms with E-state index in [0.29, 0.717) is 19.3 Å². The summed E-state index contributed by atoms with van der Waals surface area (Å²) < 4.78 is 27.0. The predicted molar refractivity (Wildman–Crippen MR) is 52.7 cm³/mol. The Bertz CT molecular complexity index is 314. The van der Waals surface area contributed by atoms with Gasteiger partial charge in [-0.3, -0.25) is 4.79 Å². The van der Waals surface area contributed by atoms with Crippen LogP contribution in [-0.2, 0) is 19.4 Å². The predicted octanol–water partition coefficient (Wildman–Crippen LogP) is 0.907. The van der Waals surface area contributed by atoms with Crippen LogP contribution in [0.3, 0.4) is 0 Å². The standard InChI is InChI=1S/C9H16O4S/c1-3-7-14(11,12)9(5-4-6-9)8(10)13-2/h3-7H2,1-2H3. The molecule has 0 aromatic rings. The van der Waals surface area contributed by atoms with Crippen molar-refractivity contribution in [2.45, 2.75) is 37.4 Å². The van der Waals surface area contributed by atoms with Crippen molar-refractivity contribution in [3.05, 3.63) is 0 Å². The number of esters is 1. The van der Waals surface area contributed by atoms with Crippen molar-refractivity contribution in [3.63, 3.8) is 0 Å². The van der Waals surface area contributed by atoms with Gasteiger partial charge >= 0.3 is 5.97 Å². The lowest BCUT2D eigenvalue weighted by Crippen LogP contribution is -2.53. The Hall–Kier alpha value is -0.580. The molecule has 14 heavy (non-hydrogen) atoms. The molecule has 0 radical (unpaired) electrons. The van der Waals surface area contributed by atoms with Gasteiger partial charge in [0.2, 0.25) is 0 Å². The van der Waals surface area contributed by atoms with E-state index in [-0.39, 0.29) is 5.75 Å². The second-order valence-corrected chi connectivity index (χ2v) is 6.08. The van der Waals surface area contributed by atoms with Crippen molar-refractivity contribution in [2.24, 2.45) is 0 Å². The first kappa shape index (κ1) is 11.5. The fourth-order valence-corrected chi connectivity index (χ4v) is 3.97. The highest BCUT2D eigenvalue weighted by Gasteiger charge is 2.55. The smallest absolute Gasteiger partial charge is 0.327 e. The van der Waals surface area contributed by atoms with E-state index in [4.69, 9.17) is 0 Å². The Kier molecular flexibility index (Phi) is 3.19. The molecule has 0 aromatic carbocycles. The summed E-state index contributed by atoms with van der Waals surface area (Å²) in [5, 5.41) is 0. The summed E-state index contributed by atoms with van der Waals surface area (Å²) in [6.07, 6.45) is 2.17. The molecule has 1 saturated carbocycles. The van der Waals surface area contributed by atoms with Crippen LogP contribution in [0.2, 0.25) is 0 Å². The molecule has 5 heteroatoms. The van der Waals surface area contributed by atoms with Crippen molar-refractivity contribution >= 4 is 15.8 Å². The minimum atomic E-state index is -3.32. The van der Waals surface area contributed by atoms with Gasteiger partial charge in [-0.1, -0.05) is 6.92 Å². The van der Waals surface area contributed by atoms with Gasteiger partial charge in [-0.15, -0.1) is 0 Å². The molecule has 1 rings (SSSR count).